The second-order valence-corrected chi connectivity index (χ2v) is 8.53. The number of hydrazone groups is 1. The fourth-order valence-corrected chi connectivity index (χ4v) is 3.99. The molecule has 0 fully saturated rings. The van der Waals surface area contributed by atoms with E-state index in [1.165, 1.54) is 20.4 Å². The quantitative estimate of drug-likeness (QED) is 0.140. The molecule has 14 heteroatoms. The highest BCUT2D eigenvalue weighted by Gasteiger charge is 2.23. The lowest BCUT2D eigenvalue weighted by Gasteiger charge is -2.13. The fourth-order valence-electron chi connectivity index (χ4n) is 3.26. The summed E-state index contributed by atoms with van der Waals surface area (Å²) < 4.78 is 16.8. The van der Waals surface area contributed by atoms with Crippen LogP contribution in [0.15, 0.2) is 41.5 Å². The second kappa shape index (κ2) is 12.1. The summed E-state index contributed by atoms with van der Waals surface area (Å²) in [6, 6.07) is 10.2. The number of rotatable bonds is 10. The van der Waals surface area contributed by atoms with E-state index in [2.05, 4.69) is 21.6 Å². The molecule has 3 aromatic rings. The van der Waals surface area contributed by atoms with Gasteiger partial charge in [-0.1, -0.05) is 0 Å². The number of non-ortho nitro benzene ring substituents is 1. The first kappa shape index (κ1) is 27.2. The molecular formula is C23H19IN6O7. The number of hydrogen-bond donors (Lipinski definition) is 1. The molecular weight excluding hydrogens is 599 g/mol. The summed E-state index contributed by atoms with van der Waals surface area (Å²) in [7, 11) is 2.93. The Morgan fingerprint density at radius 3 is 2.54 bits per heavy atom. The van der Waals surface area contributed by atoms with Gasteiger partial charge in [-0.05, 0) is 59.3 Å². The molecule has 3 rings (SSSR count). The van der Waals surface area contributed by atoms with Crippen LogP contribution in [0.1, 0.15) is 22.4 Å². The largest absolute Gasteiger partial charge is 0.493 e. The lowest BCUT2D eigenvalue weighted by Crippen LogP contribution is -2.03. The van der Waals surface area contributed by atoms with Crippen LogP contribution in [0.4, 0.5) is 17.2 Å². The number of nitro benzene ring substituents is 2. The number of aryl methyl sites for hydroxylation is 1. The van der Waals surface area contributed by atoms with Gasteiger partial charge in [0.1, 0.15) is 11.6 Å². The van der Waals surface area contributed by atoms with Crippen molar-refractivity contribution in [3.8, 4) is 23.3 Å². The number of pyridine rings is 1. The van der Waals surface area contributed by atoms with Gasteiger partial charge in [0.25, 0.3) is 5.69 Å². The van der Waals surface area contributed by atoms with Crippen LogP contribution in [0.3, 0.4) is 0 Å². The molecule has 0 unspecified atom stereocenters. The zero-order chi connectivity index (χ0) is 27.1. The maximum Gasteiger partial charge on any atom is 0.318 e. The molecule has 0 aliphatic heterocycles. The molecule has 0 bridgehead atoms. The van der Waals surface area contributed by atoms with Gasteiger partial charge in [0, 0.05) is 24.4 Å². The average Bonchev–Trinajstić information content (AvgIpc) is 2.85. The first-order valence-electron chi connectivity index (χ1n) is 10.3. The van der Waals surface area contributed by atoms with E-state index in [0.717, 1.165) is 18.2 Å². The molecule has 0 aliphatic rings. The third-order valence-corrected chi connectivity index (χ3v) is 5.64. The molecule has 0 radical (unpaired) electrons. The molecule has 190 valence electrons. The Bertz CT molecular complexity index is 1440. The minimum atomic E-state index is -0.763. The zero-order valence-electron chi connectivity index (χ0n) is 19.7. The number of halogens is 1. The predicted molar refractivity (Wildman–Crippen MR) is 141 cm³/mol. The van der Waals surface area contributed by atoms with Crippen molar-refractivity contribution < 1.29 is 24.1 Å². The van der Waals surface area contributed by atoms with Crippen molar-refractivity contribution in [1.82, 2.24) is 4.98 Å². The topological polar surface area (TPSA) is 175 Å². The SMILES string of the molecule is COCc1cc(C)nc(N/N=C/c2cc(I)c(Oc3ccc([N+](=O)[O-])cc3[N+](=O)[O-])c(OC)c2)c1C#N. The monoisotopic (exact) mass is 618 g/mol. The van der Waals surface area contributed by atoms with E-state index >= 15 is 0 Å². The maximum atomic E-state index is 11.5. The average molecular weight is 618 g/mol. The van der Waals surface area contributed by atoms with Crippen molar-refractivity contribution in [2.45, 2.75) is 13.5 Å². The highest BCUT2D eigenvalue weighted by Crippen LogP contribution is 2.41. The minimum absolute atomic E-state index is 0.182. The number of methoxy groups -OCH3 is 2. The van der Waals surface area contributed by atoms with Gasteiger partial charge in [-0.15, -0.1) is 0 Å². The van der Waals surface area contributed by atoms with Gasteiger partial charge in [0.15, 0.2) is 17.3 Å². The van der Waals surface area contributed by atoms with Gasteiger partial charge in [-0.2, -0.15) is 10.4 Å². The van der Waals surface area contributed by atoms with Crippen LogP contribution < -0.4 is 14.9 Å². The van der Waals surface area contributed by atoms with E-state index < -0.39 is 21.2 Å². The molecule has 0 saturated carbocycles. The molecule has 1 N–H and O–H groups in total. The second-order valence-electron chi connectivity index (χ2n) is 7.36. The van der Waals surface area contributed by atoms with Gasteiger partial charge < -0.3 is 14.2 Å². The van der Waals surface area contributed by atoms with Crippen LogP contribution in [0, 0.1) is 42.1 Å². The lowest BCUT2D eigenvalue weighted by molar-refractivity contribution is -0.394. The molecule has 13 nitrogen and oxygen atoms in total. The smallest absolute Gasteiger partial charge is 0.318 e. The predicted octanol–water partition coefficient (Wildman–Crippen LogP) is 5.08. The summed E-state index contributed by atoms with van der Waals surface area (Å²) in [6.07, 6.45) is 1.48. The minimum Gasteiger partial charge on any atom is -0.493 e. The number of benzene rings is 2. The molecule has 0 amide bonds. The summed E-state index contributed by atoms with van der Waals surface area (Å²) >= 11 is 1.97. The number of nitrogens with one attached hydrogen (secondary N) is 1. The number of nitro groups is 2. The molecule has 0 aliphatic carbocycles. The number of aromatic nitrogens is 1. The van der Waals surface area contributed by atoms with Gasteiger partial charge in [0.2, 0.25) is 5.75 Å². The Kier molecular flexibility index (Phi) is 8.87. The Morgan fingerprint density at radius 1 is 1.16 bits per heavy atom. The van der Waals surface area contributed by atoms with Crippen LogP contribution in [-0.2, 0) is 11.3 Å². The van der Waals surface area contributed by atoms with Crippen LogP contribution in [0.5, 0.6) is 17.2 Å². The van der Waals surface area contributed by atoms with E-state index in [9.17, 15) is 25.5 Å². The maximum absolute atomic E-state index is 11.5. The van der Waals surface area contributed by atoms with Crippen LogP contribution in [-0.4, -0.2) is 35.3 Å². The summed E-state index contributed by atoms with van der Waals surface area (Å²) in [6.45, 7) is 2.03. The summed E-state index contributed by atoms with van der Waals surface area (Å²) in [5.41, 5.74) is 4.03. The summed E-state index contributed by atoms with van der Waals surface area (Å²) in [5.74, 6) is 0.519. The molecule has 0 saturated heterocycles. The first-order chi connectivity index (χ1) is 17.7. The van der Waals surface area contributed by atoms with Crippen molar-refractivity contribution >= 4 is 46.0 Å². The van der Waals surface area contributed by atoms with Crippen molar-refractivity contribution in [1.29, 1.82) is 5.26 Å². The Hall–Kier alpha value is -4.36. The number of ether oxygens (including phenoxy) is 3. The van der Waals surface area contributed by atoms with Crippen molar-refractivity contribution in [2.75, 3.05) is 19.6 Å². The summed E-state index contributed by atoms with van der Waals surface area (Å²) in [5, 5.41) is 36.2. The standard InChI is InChI=1S/C23H19IN6O7/c1-13-6-15(12-35-2)17(10-25)23(27-13)28-26-11-14-7-18(24)22(21(8-14)36-3)37-20-5-4-16(29(31)32)9-19(20)30(33)34/h4-9,11H,12H2,1-3H3,(H,27,28)/b26-11+. The van der Waals surface area contributed by atoms with Crippen molar-refractivity contribution in [3.63, 3.8) is 0 Å². The summed E-state index contributed by atoms with van der Waals surface area (Å²) in [4.78, 5) is 25.3. The van der Waals surface area contributed by atoms with E-state index in [1.807, 2.05) is 22.6 Å². The molecule has 1 aromatic heterocycles. The van der Waals surface area contributed by atoms with E-state index in [-0.39, 0.29) is 29.7 Å². The van der Waals surface area contributed by atoms with E-state index in [4.69, 9.17) is 14.2 Å². The van der Waals surface area contributed by atoms with E-state index in [1.54, 1.807) is 25.1 Å². The number of nitrogens with zero attached hydrogens (tertiary/aromatic N) is 5. The van der Waals surface area contributed by atoms with Crippen molar-refractivity contribution in [3.05, 3.63) is 82.6 Å². The Labute approximate surface area is 224 Å². The van der Waals surface area contributed by atoms with Crippen LogP contribution >= 0.6 is 22.6 Å². The molecule has 0 spiro atoms. The van der Waals surface area contributed by atoms with Gasteiger partial charge in [-0.3, -0.25) is 25.7 Å². The molecule has 2 aromatic carbocycles. The Morgan fingerprint density at radius 2 is 1.92 bits per heavy atom. The fraction of sp³-hybridized carbons (Fsp3) is 0.174. The van der Waals surface area contributed by atoms with Gasteiger partial charge in [-0.25, -0.2) is 4.98 Å². The molecule has 0 atom stereocenters. The number of anilines is 1. The van der Waals surface area contributed by atoms with Crippen LogP contribution in [0.25, 0.3) is 0 Å². The first-order valence-corrected chi connectivity index (χ1v) is 11.4. The third-order valence-electron chi connectivity index (χ3n) is 4.84. The highest BCUT2D eigenvalue weighted by molar-refractivity contribution is 14.1. The lowest BCUT2D eigenvalue weighted by atomic mass is 10.1. The van der Waals surface area contributed by atoms with Crippen molar-refractivity contribution in [2.24, 2.45) is 5.10 Å². The van der Waals surface area contributed by atoms with Crippen LogP contribution in [0.2, 0.25) is 0 Å². The van der Waals surface area contributed by atoms with Gasteiger partial charge in [0.05, 0.1) is 39.4 Å². The normalized spacial score (nSPS) is 10.7. The van der Waals surface area contributed by atoms with Gasteiger partial charge >= 0.3 is 5.69 Å². The highest BCUT2D eigenvalue weighted by atomic mass is 127. The van der Waals surface area contributed by atoms with E-state index in [0.29, 0.717) is 26.0 Å². The molecule has 37 heavy (non-hydrogen) atoms. The zero-order valence-corrected chi connectivity index (χ0v) is 21.9. The third kappa shape index (κ3) is 6.45. The molecule has 1 heterocycles. The number of hydrogen-bond acceptors (Lipinski definition) is 11. The Balaban J connectivity index is 1.90. The number of nitriles is 1.